The van der Waals surface area contributed by atoms with Crippen molar-refractivity contribution in [3.05, 3.63) is 35.7 Å². The second-order valence-corrected chi connectivity index (χ2v) is 4.62. The quantitative estimate of drug-likeness (QED) is 0.792. The number of hydrogen-bond acceptors (Lipinski definition) is 2. The maximum absolute atomic E-state index is 5.45. The highest BCUT2D eigenvalue weighted by Crippen LogP contribution is 2.31. The first-order valence-electron chi connectivity index (χ1n) is 6.52. The van der Waals surface area contributed by atoms with Crippen molar-refractivity contribution in [1.29, 1.82) is 0 Å². The lowest BCUT2D eigenvalue weighted by atomic mass is 9.87. The first-order chi connectivity index (χ1) is 8.33. The Morgan fingerprint density at radius 1 is 1.47 bits per heavy atom. The Balaban J connectivity index is 2.29. The molecule has 2 rings (SSSR count). The highest BCUT2D eigenvalue weighted by atomic mass is 16.5. The molecule has 0 aliphatic carbocycles. The van der Waals surface area contributed by atoms with Crippen molar-refractivity contribution in [2.24, 2.45) is 5.92 Å². The van der Waals surface area contributed by atoms with Gasteiger partial charge in [-0.2, -0.15) is 0 Å². The summed E-state index contributed by atoms with van der Waals surface area (Å²) in [6.45, 7) is 6.11. The number of rotatable bonds is 3. The van der Waals surface area contributed by atoms with Gasteiger partial charge in [-0.3, -0.25) is 4.98 Å². The monoisotopic (exact) mass is 231 g/mol. The smallest absolute Gasteiger partial charge is 0.0690 e. The molecule has 0 saturated carbocycles. The zero-order valence-corrected chi connectivity index (χ0v) is 10.8. The number of aromatic nitrogens is 1. The maximum Gasteiger partial charge on any atom is 0.0690 e. The highest BCUT2D eigenvalue weighted by molar-refractivity contribution is 5.66. The van der Waals surface area contributed by atoms with Crippen LogP contribution in [-0.2, 0) is 4.74 Å². The molecule has 92 valence electrons. The largest absolute Gasteiger partial charge is 0.381 e. The SMILES string of the molecule is CC/C=C(\c1ncccc1C)C1CCOCC1. The van der Waals surface area contributed by atoms with Gasteiger partial charge in [-0.25, -0.2) is 0 Å². The maximum atomic E-state index is 5.45. The van der Waals surface area contributed by atoms with Gasteiger partial charge in [-0.15, -0.1) is 0 Å². The molecular weight excluding hydrogens is 210 g/mol. The van der Waals surface area contributed by atoms with E-state index in [1.165, 1.54) is 16.8 Å². The highest BCUT2D eigenvalue weighted by Gasteiger charge is 2.20. The fourth-order valence-electron chi connectivity index (χ4n) is 2.47. The van der Waals surface area contributed by atoms with Crippen LogP contribution in [0, 0.1) is 12.8 Å². The van der Waals surface area contributed by atoms with Gasteiger partial charge >= 0.3 is 0 Å². The normalized spacial score (nSPS) is 18.4. The average molecular weight is 231 g/mol. The van der Waals surface area contributed by atoms with E-state index in [1.54, 1.807) is 0 Å². The summed E-state index contributed by atoms with van der Waals surface area (Å²) < 4.78 is 5.45. The molecule has 2 heterocycles. The third-order valence-electron chi connectivity index (χ3n) is 3.37. The molecule has 1 aliphatic rings. The van der Waals surface area contributed by atoms with E-state index < -0.39 is 0 Å². The van der Waals surface area contributed by atoms with E-state index >= 15 is 0 Å². The van der Waals surface area contributed by atoms with Crippen molar-refractivity contribution in [1.82, 2.24) is 4.98 Å². The van der Waals surface area contributed by atoms with Crippen LogP contribution in [0.15, 0.2) is 24.4 Å². The molecule has 1 aliphatic heterocycles. The summed E-state index contributed by atoms with van der Waals surface area (Å²) in [4.78, 5) is 4.56. The molecule has 0 N–H and O–H groups in total. The minimum Gasteiger partial charge on any atom is -0.381 e. The number of aryl methyl sites for hydroxylation is 1. The summed E-state index contributed by atoms with van der Waals surface area (Å²) in [6.07, 6.45) is 7.56. The Kier molecular flexibility index (Phi) is 4.32. The van der Waals surface area contributed by atoms with Gasteiger partial charge in [0.15, 0.2) is 0 Å². The van der Waals surface area contributed by atoms with E-state index in [2.05, 4.69) is 31.0 Å². The molecule has 0 bridgehead atoms. The summed E-state index contributed by atoms with van der Waals surface area (Å²) in [6, 6.07) is 4.15. The van der Waals surface area contributed by atoms with E-state index in [9.17, 15) is 0 Å². The van der Waals surface area contributed by atoms with Crippen LogP contribution >= 0.6 is 0 Å². The summed E-state index contributed by atoms with van der Waals surface area (Å²) in [5.41, 5.74) is 3.88. The zero-order chi connectivity index (χ0) is 12.1. The van der Waals surface area contributed by atoms with E-state index in [0.29, 0.717) is 5.92 Å². The molecule has 0 radical (unpaired) electrons. The molecule has 1 aromatic rings. The van der Waals surface area contributed by atoms with Gasteiger partial charge in [-0.1, -0.05) is 19.1 Å². The first kappa shape index (κ1) is 12.3. The zero-order valence-electron chi connectivity index (χ0n) is 10.8. The number of allylic oxidation sites excluding steroid dienone is 2. The molecule has 17 heavy (non-hydrogen) atoms. The number of ether oxygens (including phenoxy) is 1. The van der Waals surface area contributed by atoms with E-state index in [0.717, 1.165) is 32.5 Å². The summed E-state index contributed by atoms with van der Waals surface area (Å²) in [7, 11) is 0. The summed E-state index contributed by atoms with van der Waals surface area (Å²) >= 11 is 0. The van der Waals surface area contributed by atoms with Crippen LogP contribution < -0.4 is 0 Å². The molecule has 0 amide bonds. The van der Waals surface area contributed by atoms with Crippen molar-refractivity contribution in [3.8, 4) is 0 Å². The molecule has 0 spiro atoms. The Bertz CT molecular complexity index is 392. The molecule has 1 aromatic heterocycles. The van der Waals surface area contributed by atoms with Crippen LogP contribution in [0.5, 0.6) is 0 Å². The molecular formula is C15H21NO. The standard InChI is InChI=1S/C15H21NO/c1-3-5-14(13-7-10-17-11-8-13)15-12(2)6-4-9-16-15/h4-6,9,13H,3,7-8,10-11H2,1-2H3/b14-5-. The van der Waals surface area contributed by atoms with E-state index in [1.807, 2.05) is 12.3 Å². The fourth-order valence-corrected chi connectivity index (χ4v) is 2.47. The molecule has 1 saturated heterocycles. The number of nitrogens with zero attached hydrogens (tertiary/aromatic N) is 1. The first-order valence-corrected chi connectivity index (χ1v) is 6.52. The molecule has 0 aromatic carbocycles. The van der Waals surface area contributed by atoms with Crippen LogP contribution in [-0.4, -0.2) is 18.2 Å². The lowest BCUT2D eigenvalue weighted by molar-refractivity contribution is 0.0806. The number of pyridine rings is 1. The Labute approximate surface area is 104 Å². The van der Waals surface area contributed by atoms with E-state index in [4.69, 9.17) is 4.74 Å². The molecule has 0 atom stereocenters. The minimum atomic E-state index is 0.622. The van der Waals surface area contributed by atoms with Crippen molar-refractivity contribution >= 4 is 5.57 Å². The fraction of sp³-hybridized carbons (Fsp3) is 0.533. The predicted molar refractivity (Wildman–Crippen MR) is 70.8 cm³/mol. The van der Waals surface area contributed by atoms with Crippen LogP contribution in [0.1, 0.15) is 37.4 Å². The molecule has 2 heteroatoms. The third-order valence-corrected chi connectivity index (χ3v) is 3.37. The lowest BCUT2D eigenvalue weighted by Crippen LogP contribution is -2.17. The van der Waals surface area contributed by atoms with E-state index in [-0.39, 0.29) is 0 Å². The van der Waals surface area contributed by atoms with Crippen molar-refractivity contribution in [2.75, 3.05) is 13.2 Å². The molecule has 2 nitrogen and oxygen atoms in total. The summed E-state index contributed by atoms with van der Waals surface area (Å²) in [5, 5.41) is 0. The van der Waals surface area contributed by atoms with Crippen molar-refractivity contribution < 1.29 is 4.74 Å². The Hall–Kier alpha value is -1.15. The van der Waals surface area contributed by atoms with Gasteiger partial charge in [0.2, 0.25) is 0 Å². The van der Waals surface area contributed by atoms with Gasteiger partial charge in [0.05, 0.1) is 5.69 Å². The average Bonchev–Trinajstić information content (AvgIpc) is 2.38. The molecule has 1 fully saturated rings. The second-order valence-electron chi connectivity index (χ2n) is 4.62. The summed E-state index contributed by atoms with van der Waals surface area (Å²) in [5.74, 6) is 0.622. The van der Waals surface area contributed by atoms with Crippen LogP contribution in [0.4, 0.5) is 0 Å². The van der Waals surface area contributed by atoms with Gasteiger partial charge in [0.1, 0.15) is 0 Å². The third kappa shape index (κ3) is 2.95. The van der Waals surface area contributed by atoms with Gasteiger partial charge in [0.25, 0.3) is 0 Å². The van der Waals surface area contributed by atoms with Gasteiger partial charge in [-0.05, 0) is 49.3 Å². The topological polar surface area (TPSA) is 22.1 Å². The van der Waals surface area contributed by atoms with Crippen LogP contribution in [0.25, 0.3) is 5.57 Å². The van der Waals surface area contributed by atoms with Crippen LogP contribution in [0.3, 0.4) is 0 Å². The van der Waals surface area contributed by atoms with Crippen molar-refractivity contribution in [2.45, 2.75) is 33.1 Å². The Morgan fingerprint density at radius 2 is 2.24 bits per heavy atom. The number of hydrogen-bond donors (Lipinski definition) is 0. The lowest BCUT2D eigenvalue weighted by Gasteiger charge is -2.25. The van der Waals surface area contributed by atoms with Crippen LogP contribution in [0.2, 0.25) is 0 Å². The Morgan fingerprint density at radius 3 is 2.88 bits per heavy atom. The molecule has 0 unspecified atom stereocenters. The minimum absolute atomic E-state index is 0.622. The van der Waals surface area contributed by atoms with Gasteiger partial charge < -0.3 is 4.74 Å². The van der Waals surface area contributed by atoms with Crippen molar-refractivity contribution in [3.63, 3.8) is 0 Å². The second kappa shape index (κ2) is 5.97. The predicted octanol–water partition coefficient (Wildman–Crippen LogP) is 3.61. The van der Waals surface area contributed by atoms with Gasteiger partial charge in [0, 0.05) is 19.4 Å².